The molecule has 15 heavy (non-hydrogen) atoms. The molecule has 1 aromatic carbocycles. The average molecular weight is 340 g/mol. The quantitative estimate of drug-likeness (QED) is 0.512. The summed E-state index contributed by atoms with van der Waals surface area (Å²) in [5, 5.41) is 0.358. The molecule has 2 N–H and O–H groups in total. The van der Waals surface area contributed by atoms with Crippen LogP contribution in [-0.4, -0.2) is 13.1 Å². The Bertz CT molecular complexity index is 407. The molecule has 0 saturated heterocycles. The molecule has 0 aromatic heterocycles. The van der Waals surface area contributed by atoms with E-state index in [0.717, 1.165) is 12.0 Å². The number of aryl methyl sites for hydroxylation is 1. The maximum atomic E-state index is 11.4. The number of methoxy groups -OCH3 is 1. The summed E-state index contributed by atoms with van der Waals surface area (Å²) in [6.07, 6.45) is 0.753. The third kappa shape index (κ3) is 2.36. The number of carbonyl (C=O) groups is 1. The highest BCUT2D eigenvalue weighted by Gasteiger charge is 2.17. The molecular weight excluding hydrogens is 328 g/mol. The van der Waals surface area contributed by atoms with Gasteiger partial charge in [0.15, 0.2) is 0 Å². The molecule has 0 saturated carbocycles. The predicted molar refractivity (Wildman–Crippen MR) is 69.3 cm³/mol. The van der Waals surface area contributed by atoms with Crippen LogP contribution in [0.25, 0.3) is 0 Å². The number of carbonyl (C=O) groups excluding carboxylic acids is 1. The first kappa shape index (κ1) is 12.6. The Balaban J connectivity index is 3.41. The molecule has 5 heteroatoms. The summed E-state index contributed by atoms with van der Waals surface area (Å²) in [4.78, 5) is 11.4. The molecule has 0 aliphatic rings. The SMILES string of the molecule is CCc1cc(C(=O)OC)c(Cl)c(I)c1N. The third-order valence-corrected chi connectivity index (χ3v) is 3.95. The van der Waals surface area contributed by atoms with Crippen molar-refractivity contribution in [2.24, 2.45) is 0 Å². The summed E-state index contributed by atoms with van der Waals surface area (Å²) >= 11 is 8.04. The Morgan fingerprint density at radius 2 is 2.27 bits per heavy atom. The van der Waals surface area contributed by atoms with Gasteiger partial charge in [-0.2, -0.15) is 0 Å². The molecule has 0 atom stereocenters. The first-order valence-electron chi connectivity index (χ1n) is 4.37. The van der Waals surface area contributed by atoms with Crippen LogP contribution >= 0.6 is 34.2 Å². The van der Waals surface area contributed by atoms with E-state index in [4.69, 9.17) is 17.3 Å². The largest absolute Gasteiger partial charge is 0.465 e. The fraction of sp³-hybridized carbons (Fsp3) is 0.300. The number of hydrogen-bond donors (Lipinski definition) is 1. The molecule has 1 rings (SSSR count). The topological polar surface area (TPSA) is 52.3 Å². The second kappa shape index (κ2) is 5.03. The van der Waals surface area contributed by atoms with Gasteiger partial charge in [0.05, 0.1) is 21.3 Å². The molecule has 0 heterocycles. The van der Waals surface area contributed by atoms with Gasteiger partial charge in [0, 0.05) is 5.69 Å². The van der Waals surface area contributed by atoms with Crippen molar-refractivity contribution in [1.82, 2.24) is 0 Å². The zero-order valence-corrected chi connectivity index (χ0v) is 11.3. The van der Waals surface area contributed by atoms with Crippen LogP contribution in [-0.2, 0) is 11.2 Å². The Morgan fingerprint density at radius 1 is 1.67 bits per heavy atom. The van der Waals surface area contributed by atoms with E-state index in [1.165, 1.54) is 7.11 Å². The molecule has 0 radical (unpaired) electrons. The normalized spacial score (nSPS) is 10.1. The predicted octanol–water partition coefficient (Wildman–Crippen LogP) is 2.88. The minimum atomic E-state index is -0.437. The van der Waals surface area contributed by atoms with Gasteiger partial charge in [0.2, 0.25) is 0 Å². The fourth-order valence-corrected chi connectivity index (χ4v) is 2.11. The van der Waals surface area contributed by atoms with Crippen molar-refractivity contribution < 1.29 is 9.53 Å². The van der Waals surface area contributed by atoms with Crippen molar-refractivity contribution in [2.75, 3.05) is 12.8 Å². The van der Waals surface area contributed by atoms with Gasteiger partial charge in [0.25, 0.3) is 0 Å². The summed E-state index contributed by atoms with van der Waals surface area (Å²) in [6.45, 7) is 1.97. The molecule has 0 aliphatic carbocycles. The number of ether oxygens (including phenoxy) is 1. The number of anilines is 1. The number of rotatable bonds is 2. The number of nitrogen functional groups attached to an aromatic ring is 1. The lowest BCUT2D eigenvalue weighted by atomic mass is 10.1. The van der Waals surface area contributed by atoms with Crippen molar-refractivity contribution in [1.29, 1.82) is 0 Å². The van der Waals surface area contributed by atoms with Crippen LogP contribution in [0.5, 0.6) is 0 Å². The maximum absolute atomic E-state index is 11.4. The Labute approximate surface area is 107 Å². The monoisotopic (exact) mass is 339 g/mol. The summed E-state index contributed by atoms with van der Waals surface area (Å²) in [5.74, 6) is -0.437. The van der Waals surface area contributed by atoms with Crippen LogP contribution in [0.15, 0.2) is 6.07 Å². The molecule has 0 unspecified atom stereocenters. The lowest BCUT2D eigenvalue weighted by Crippen LogP contribution is -2.07. The van der Waals surface area contributed by atoms with E-state index in [1.807, 2.05) is 29.5 Å². The van der Waals surface area contributed by atoms with Gasteiger partial charge in [-0.1, -0.05) is 18.5 Å². The maximum Gasteiger partial charge on any atom is 0.339 e. The van der Waals surface area contributed by atoms with E-state index in [2.05, 4.69) is 4.74 Å². The third-order valence-electron chi connectivity index (χ3n) is 2.12. The molecule has 0 aliphatic heterocycles. The molecule has 1 aromatic rings. The van der Waals surface area contributed by atoms with Crippen molar-refractivity contribution in [3.05, 3.63) is 25.8 Å². The van der Waals surface area contributed by atoms with E-state index in [0.29, 0.717) is 19.8 Å². The van der Waals surface area contributed by atoms with Gasteiger partial charge in [-0.05, 0) is 40.6 Å². The van der Waals surface area contributed by atoms with Gasteiger partial charge >= 0.3 is 5.97 Å². The number of nitrogens with two attached hydrogens (primary N) is 1. The average Bonchev–Trinajstić information content (AvgIpc) is 2.25. The van der Waals surface area contributed by atoms with E-state index in [9.17, 15) is 4.79 Å². The summed E-state index contributed by atoms with van der Waals surface area (Å²) in [5.41, 5.74) is 7.77. The lowest BCUT2D eigenvalue weighted by molar-refractivity contribution is 0.0601. The summed E-state index contributed by atoms with van der Waals surface area (Å²) in [7, 11) is 1.33. The molecular formula is C10H11ClINO2. The fourth-order valence-electron chi connectivity index (χ4n) is 1.24. The van der Waals surface area contributed by atoms with Crippen LogP contribution < -0.4 is 5.73 Å². The first-order chi connectivity index (χ1) is 7.02. The van der Waals surface area contributed by atoms with Gasteiger partial charge in [-0.3, -0.25) is 0 Å². The van der Waals surface area contributed by atoms with Crippen molar-refractivity contribution >= 4 is 45.8 Å². The molecule has 0 spiro atoms. The van der Waals surface area contributed by atoms with E-state index in [1.54, 1.807) is 6.07 Å². The minimum Gasteiger partial charge on any atom is -0.465 e. The van der Waals surface area contributed by atoms with E-state index in [-0.39, 0.29) is 0 Å². The number of hydrogen-bond acceptors (Lipinski definition) is 3. The minimum absolute atomic E-state index is 0.358. The van der Waals surface area contributed by atoms with E-state index >= 15 is 0 Å². The molecule has 82 valence electrons. The summed E-state index contributed by atoms with van der Waals surface area (Å²) in [6, 6.07) is 1.69. The highest BCUT2D eigenvalue weighted by atomic mass is 127. The highest BCUT2D eigenvalue weighted by molar-refractivity contribution is 14.1. The van der Waals surface area contributed by atoms with E-state index < -0.39 is 5.97 Å². The Kier molecular flexibility index (Phi) is 4.21. The van der Waals surface area contributed by atoms with Gasteiger partial charge in [0.1, 0.15) is 0 Å². The molecule has 0 bridgehead atoms. The van der Waals surface area contributed by atoms with Crippen LogP contribution in [0.4, 0.5) is 5.69 Å². The number of benzene rings is 1. The second-order valence-corrected chi connectivity index (χ2v) is 4.43. The van der Waals surface area contributed by atoms with Crippen molar-refractivity contribution in [3.63, 3.8) is 0 Å². The van der Waals surface area contributed by atoms with Crippen LogP contribution in [0.2, 0.25) is 5.02 Å². The van der Waals surface area contributed by atoms with Gasteiger partial charge < -0.3 is 10.5 Å². The summed E-state index contributed by atoms with van der Waals surface area (Å²) < 4.78 is 5.35. The van der Waals surface area contributed by atoms with Crippen molar-refractivity contribution in [2.45, 2.75) is 13.3 Å². The Hall–Kier alpha value is -0.490. The number of halogens is 2. The molecule has 3 nitrogen and oxygen atoms in total. The Morgan fingerprint density at radius 3 is 2.73 bits per heavy atom. The van der Waals surface area contributed by atoms with Crippen molar-refractivity contribution in [3.8, 4) is 0 Å². The standard InChI is InChI=1S/C10H11ClINO2/c1-3-5-4-6(10(14)15-2)7(11)8(12)9(5)13/h4H,3,13H2,1-2H3. The van der Waals surface area contributed by atoms with Gasteiger partial charge in [-0.25, -0.2) is 4.79 Å². The highest BCUT2D eigenvalue weighted by Crippen LogP contribution is 2.31. The zero-order chi connectivity index (χ0) is 11.6. The lowest BCUT2D eigenvalue weighted by Gasteiger charge is -2.11. The molecule has 0 fully saturated rings. The van der Waals surface area contributed by atoms with Crippen LogP contribution in [0.1, 0.15) is 22.8 Å². The van der Waals surface area contributed by atoms with Gasteiger partial charge in [-0.15, -0.1) is 0 Å². The van der Waals surface area contributed by atoms with Crippen LogP contribution in [0, 0.1) is 3.57 Å². The second-order valence-electron chi connectivity index (χ2n) is 2.97. The smallest absolute Gasteiger partial charge is 0.339 e. The number of esters is 1. The zero-order valence-electron chi connectivity index (χ0n) is 8.43. The van der Waals surface area contributed by atoms with Crippen LogP contribution in [0.3, 0.4) is 0 Å². The first-order valence-corrected chi connectivity index (χ1v) is 5.83. The molecule has 0 amide bonds.